The van der Waals surface area contributed by atoms with Crippen molar-refractivity contribution in [2.24, 2.45) is 5.92 Å². The van der Waals surface area contributed by atoms with E-state index in [0.29, 0.717) is 41.4 Å². The molecule has 1 fully saturated rings. The SMILES string of the molecule is COC(=O)CN(C)C1CCC(CN(C)c2ccc(N3C(=O)Cc4cc(OC)c(OC(C)C)cc4C3Cc3ccc(Cl)cc3)cc2)CC1. The molecule has 47 heavy (non-hydrogen) atoms. The summed E-state index contributed by atoms with van der Waals surface area (Å²) in [5, 5.41) is 0.682. The van der Waals surface area contributed by atoms with Crippen LogP contribution in [0.3, 0.4) is 0 Å². The van der Waals surface area contributed by atoms with Gasteiger partial charge in [-0.3, -0.25) is 14.5 Å². The summed E-state index contributed by atoms with van der Waals surface area (Å²) >= 11 is 6.21. The Balaban J connectivity index is 1.34. The minimum atomic E-state index is -0.232. The summed E-state index contributed by atoms with van der Waals surface area (Å²) in [6, 6.07) is 20.4. The first-order valence-electron chi connectivity index (χ1n) is 16.6. The van der Waals surface area contributed by atoms with Gasteiger partial charge in [0.1, 0.15) is 0 Å². The zero-order chi connectivity index (χ0) is 33.7. The molecular formula is C38H48ClN3O5. The van der Waals surface area contributed by atoms with Gasteiger partial charge in [0.05, 0.1) is 39.3 Å². The van der Waals surface area contributed by atoms with E-state index < -0.39 is 0 Å². The topological polar surface area (TPSA) is 71.6 Å². The second kappa shape index (κ2) is 15.4. The molecule has 9 heteroatoms. The van der Waals surface area contributed by atoms with E-state index in [-0.39, 0.29) is 30.4 Å². The van der Waals surface area contributed by atoms with Crippen molar-refractivity contribution in [1.29, 1.82) is 0 Å². The lowest BCUT2D eigenvalue weighted by Crippen LogP contribution is -2.41. The van der Waals surface area contributed by atoms with Crippen molar-refractivity contribution in [2.45, 2.75) is 70.6 Å². The summed E-state index contributed by atoms with van der Waals surface area (Å²) in [6.07, 6.45) is 5.29. The van der Waals surface area contributed by atoms with E-state index in [1.807, 2.05) is 56.1 Å². The zero-order valence-electron chi connectivity index (χ0n) is 28.5. The van der Waals surface area contributed by atoms with Crippen LogP contribution in [-0.2, 0) is 27.2 Å². The highest BCUT2D eigenvalue weighted by Gasteiger charge is 2.35. The molecule has 1 aliphatic carbocycles. The van der Waals surface area contributed by atoms with E-state index in [9.17, 15) is 9.59 Å². The number of halogens is 1. The number of carbonyl (C=O) groups excluding carboxylic acids is 2. The number of likely N-dealkylation sites (N-methyl/N-ethyl adjacent to an activating group) is 1. The quantitative estimate of drug-likeness (QED) is 0.192. The summed E-state index contributed by atoms with van der Waals surface area (Å²) in [5.74, 6) is 1.77. The third kappa shape index (κ3) is 8.40. The van der Waals surface area contributed by atoms with Gasteiger partial charge in [-0.1, -0.05) is 23.7 Å². The minimum absolute atomic E-state index is 0.0227. The number of hydrogen-bond donors (Lipinski definition) is 0. The number of fused-ring (bicyclic) bond motifs is 1. The van der Waals surface area contributed by atoms with Gasteiger partial charge in [-0.05, 0) is 124 Å². The van der Waals surface area contributed by atoms with Gasteiger partial charge in [0, 0.05) is 36.0 Å². The summed E-state index contributed by atoms with van der Waals surface area (Å²) in [4.78, 5) is 32.0. The Labute approximate surface area is 284 Å². The summed E-state index contributed by atoms with van der Waals surface area (Å²) in [5.41, 5.74) is 5.10. The maximum atomic E-state index is 13.9. The Morgan fingerprint density at radius 3 is 2.26 bits per heavy atom. The van der Waals surface area contributed by atoms with Crippen molar-refractivity contribution >= 4 is 34.9 Å². The number of ether oxygens (including phenoxy) is 3. The highest BCUT2D eigenvalue weighted by molar-refractivity contribution is 6.30. The monoisotopic (exact) mass is 661 g/mol. The first-order chi connectivity index (χ1) is 22.6. The first-order valence-corrected chi connectivity index (χ1v) is 17.0. The fourth-order valence-electron chi connectivity index (χ4n) is 7.04. The predicted molar refractivity (Wildman–Crippen MR) is 188 cm³/mol. The van der Waals surface area contributed by atoms with E-state index in [1.54, 1.807) is 7.11 Å². The standard InChI is InChI=1S/C38H48ClN3O5/c1-25(2)47-36-22-33-28(20-35(36)45-5)21-37(43)42(34(33)19-26-7-11-29(39)12-8-26)32-17-15-31(16-18-32)40(3)23-27-9-13-30(14-10-27)41(4)24-38(44)46-6/h7-8,11-12,15-18,20,22,25,27,30,34H,9-10,13-14,19,21,23-24H2,1-6H3. The molecule has 8 nitrogen and oxygen atoms in total. The van der Waals surface area contributed by atoms with Crippen LogP contribution in [0.1, 0.15) is 62.3 Å². The number of hydrogen-bond acceptors (Lipinski definition) is 7. The Bertz CT molecular complexity index is 1520. The Morgan fingerprint density at radius 2 is 1.64 bits per heavy atom. The van der Waals surface area contributed by atoms with Crippen LogP contribution in [-0.4, -0.2) is 70.3 Å². The third-order valence-electron chi connectivity index (χ3n) is 9.56. The lowest BCUT2D eigenvalue weighted by molar-refractivity contribution is -0.142. The molecule has 1 unspecified atom stereocenters. The molecule has 1 saturated carbocycles. The number of methoxy groups -OCH3 is 2. The number of amides is 1. The molecule has 252 valence electrons. The van der Waals surface area contributed by atoms with E-state index in [0.717, 1.165) is 60.3 Å². The van der Waals surface area contributed by atoms with Crippen molar-refractivity contribution in [1.82, 2.24) is 4.90 Å². The molecule has 1 amide bonds. The molecule has 0 radical (unpaired) electrons. The zero-order valence-corrected chi connectivity index (χ0v) is 29.3. The van der Waals surface area contributed by atoms with E-state index in [1.165, 1.54) is 7.11 Å². The molecule has 0 bridgehead atoms. The first kappa shape index (κ1) is 34.6. The molecule has 3 aromatic carbocycles. The Hall–Kier alpha value is -3.75. The lowest BCUT2D eigenvalue weighted by atomic mass is 9.85. The average Bonchev–Trinajstić information content (AvgIpc) is 3.05. The van der Waals surface area contributed by atoms with E-state index >= 15 is 0 Å². The fourth-order valence-corrected chi connectivity index (χ4v) is 7.17. The summed E-state index contributed by atoms with van der Waals surface area (Å²) in [7, 11) is 7.22. The van der Waals surface area contributed by atoms with Gasteiger partial charge in [-0.2, -0.15) is 0 Å². The van der Waals surface area contributed by atoms with Crippen LogP contribution < -0.4 is 19.3 Å². The van der Waals surface area contributed by atoms with Gasteiger partial charge in [0.15, 0.2) is 11.5 Å². The second-order valence-electron chi connectivity index (χ2n) is 13.2. The predicted octanol–water partition coefficient (Wildman–Crippen LogP) is 7.11. The van der Waals surface area contributed by atoms with Crippen LogP contribution in [0, 0.1) is 5.92 Å². The molecule has 0 saturated heterocycles. The number of anilines is 2. The fraction of sp³-hybridized carbons (Fsp3) is 0.474. The molecule has 5 rings (SSSR count). The van der Waals surface area contributed by atoms with Crippen LogP contribution in [0.2, 0.25) is 5.02 Å². The van der Waals surface area contributed by atoms with Crippen LogP contribution in [0.4, 0.5) is 11.4 Å². The van der Waals surface area contributed by atoms with E-state index in [4.69, 9.17) is 25.8 Å². The molecule has 1 heterocycles. The lowest BCUT2D eigenvalue weighted by Gasteiger charge is -2.38. The molecule has 1 aliphatic heterocycles. The average molecular weight is 662 g/mol. The highest BCUT2D eigenvalue weighted by atomic mass is 35.5. The maximum absolute atomic E-state index is 13.9. The third-order valence-corrected chi connectivity index (χ3v) is 9.81. The summed E-state index contributed by atoms with van der Waals surface area (Å²) < 4.78 is 16.7. The molecule has 0 aromatic heterocycles. The molecule has 2 aliphatic rings. The van der Waals surface area contributed by atoms with Gasteiger partial charge in [-0.25, -0.2) is 0 Å². The number of benzene rings is 3. The Kier molecular flexibility index (Phi) is 11.4. The Morgan fingerprint density at radius 1 is 0.957 bits per heavy atom. The van der Waals surface area contributed by atoms with Crippen LogP contribution in [0.15, 0.2) is 60.7 Å². The highest BCUT2D eigenvalue weighted by Crippen LogP contribution is 2.42. The number of esters is 1. The van der Waals surface area contributed by atoms with Gasteiger partial charge in [0.25, 0.3) is 0 Å². The molecule has 3 aromatic rings. The van der Waals surface area contributed by atoms with Crippen LogP contribution in [0.25, 0.3) is 0 Å². The number of nitrogens with zero attached hydrogens (tertiary/aromatic N) is 3. The molecule has 0 spiro atoms. The van der Waals surface area contributed by atoms with Crippen molar-refractivity contribution in [2.75, 3.05) is 51.2 Å². The van der Waals surface area contributed by atoms with Gasteiger partial charge >= 0.3 is 5.97 Å². The smallest absolute Gasteiger partial charge is 0.319 e. The largest absolute Gasteiger partial charge is 0.493 e. The van der Waals surface area contributed by atoms with Crippen molar-refractivity contribution in [3.8, 4) is 11.5 Å². The van der Waals surface area contributed by atoms with Crippen molar-refractivity contribution < 1.29 is 23.8 Å². The second-order valence-corrected chi connectivity index (χ2v) is 13.7. The van der Waals surface area contributed by atoms with Gasteiger partial charge < -0.3 is 24.0 Å². The molecule has 1 atom stereocenters. The van der Waals surface area contributed by atoms with Crippen molar-refractivity contribution in [3.05, 3.63) is 82.4 Å². The van der Waals surface area contributed by atoms with Crippen LogP contribution in [0.5, 0.6) is 11.5 Å². The van der Waals surface area contributed by atoms with E-state index in [2.05, 4.69) is 47.2 Å². The molecular weight excluding hydrogens is 614 g/mol. The normalized spacial score (nSPS) is 19.5. The van der Waals surface area contributed by atoms with Crippen LogP contribution >= 0.6 is 11.6 Å². The number of carbonyl (C=O) groups is 2. The van der Waals surface area contributed by atoms with Crippen molar-refractivity contribution in [3.63, 3.8) is 0 Å². The summed E-state index contributed by atoms with van der Waals surface area (Å²) in [6.45, 7) is 5.29. The minimum Gasteiger partial charge on any atom is -0.493 e. The van der Waals surface area contributed by atoms with Gasteiger partial charge in [0.2, 0.25) is 5.91 Å². The van der Waals surface area contributed by atoms with Gasteiger partial charge in [-0.15, -0.1) is 0 Å². The maximum Gasteiger partial charge on any atom is 0.319 e. The molecule has 0 N–H and O–H groups in total. The number of rotatable bonds is 12.